The number of hydrogen-bond donors (Lipinski definition) is 3. The molecule has 1 fully saturated rings. The number of rotatable bonds is 7. The third-order valence-corrected chi connectivity index (χ3v) is 3.61. The molecule has 0 unspecified atom stereocenters. The Morgan fingerprint density at radius 2 is 1.90 bits per heavy atom. The fourth-order valence-corrected chi connectivity index (χ4v) is 2.44. The topological polar surface area (TPSA) is 89.9 Å². The van der Waals surface area contributed by atoms with Gasteiger partial charge in [-0.3, -0.25) is 4.79 Å². The van der Waals surface area contributed by atoms with Gasteiger partial charge >= 0.3 is 12.0 Å². The van der Waals surface area contributed by atoms with Gasteiger partial charge in [0, 0.05) is 13.1 Å². The molecule has 0 bridgehead atoms. The van der Waals surface area contributed by atoms with Gasteiger partial charge in [0.2, 0.25) is 0 Å². The predicted octanol–water partition coefficient (Wildman–Crippen LogP) is 0.900. The summed E-state index contributed by atoms with van der Waals surface area (Å²) in [6, 6.07) is -0.771. The second-order valence-electron chi connectivity index (χ2n) is 5.01. The number of nitrogens with zero attached hydrogens (tertiary/aromatic N) is 1. The molecule has 116 valence electrons. The van der Waals surface area contributed by atoms with E-state index < -0.39 is 37.0 Å². The van der Waals surface area contributed by atoms with E-state index in [0.29, 0.717) is 12.8 Å². The van der Waals surface area contributed by atoms with E-state index in [4.69, 9.17) is 5.11 Å². The average Bonchev–Trinajstić information content (AvgIpc) is 2.85. The van der Waals surface area contributed by atoms with Crippen LogP contribution in [0, 0.1) is 5.41 Å². The highest BCUT2D eigenvalue weighted by atomic mass is 19.3. The van der Waals surface area contributed by atoms with Crippen molar-refractivity contribution in [2.24, 2.45) is 5.41 Å². The summed E-state index contributed by atoms with van der Waals surface area (Å²) in [7, 11) is 0. The molecule has 0 radical (unpaired) electrons. The number of carboxylic acid groups (broad SMARTS) is 1. The zero-order valence-electron chi connectivity index (χ0n) is 11.1. The Hall–Kier alpha value is -1.44. The first-order valence-corrected chi connectivity index (χ1v) is 6.56. The van der Waals surface area contributed by atoms with E-state index in [1.54, 1.807) is 0 Å². The number of carboxylic acids is 1. The van der Waals surface area contributed by atoms with Crippen molar-refractivity contribution in [2.45, 2.75) is 32.1 Å². The van der Waals surface area contributed by atoms with Crippen molar-refractivity contribution in [3.05, 3.63) is 0 Å². The van der Waals surface area contributed by atoms with E-state index in [-0.39, 0.29) is 13.1 Å². The summed E-state index contributed by atoms with van der Waals surface area (Å²) in [5, 5.41) is 20.4. The number of aliphatic hydroxyl groups is 1. The summed E-state index contributed by atoms with van der Waals surface area (Å²) in [6.45, 7) is -1.50. The fraction of sp³-hybridized carbons (Fsp3) is 0.833. The molecule has 0 aliphatic heterocycles. The molecule has 0 atom stereocenters. The number of aliphatic hydroxyl groups excluding tert-OH is 1. The Kier molecular flexibility index (Phi) is 6.12. The number of nitrogens with one attached hydrogen (secondary N) is 1. The summed E-state index contributed by atoms with van der Waals surface area (Å²) in [5.41, 5.74) is -0.995. The van der Waals surface area contributed by atoms with Gasteiger partial charge in [0.15, 0.2) is 0 Å². The first kappa shape index (κ1) is 16.6. The van der Waals surface area contributed by atoms with Crippen molar-refractivity contribution in [3.8, 4) is 0 Å². The number of aliphatic carboxylic acids is 1. The third-order valence-electron chi connectivity index (χ3n) is 3.61. The summed E-state index contributed by atoms with van der Waals surface area (Å²) in [5.74, 6) is -0.974. The van der Waals surface area contributed by atoms with Gasteiger partial charge < -0.3 is 20.4 Å². The van der Waals surface area contributed by atoms with Crippen molar-refractivity contribution in [1.29, 1.82) is 0 Å². The van der Waals surface area contributed by atoms with Crippen LogP contribution in [0.1, 0.15) is 25.7 Å². The van der Waals surface area contributed by atoms with Crippen LogP contribution in [0.5, 0.6) is 0 Å². The van der Waals surface area contributed by atoms with Gasteiger partial charge in [0.1, 0.15) is 0 Å². The molecule has 0 saturated heterocycles. The maximum absolute atomic E-state index is 12.3. The molecule has 0 heterocycles. The number of urea groups is 1. The fourth-order valence-electron chi connectivity index (χ4n) is 2.44. The maximum Gasteiger partial charge on any atom is 0.317 e. The quantitative estimate of drug-likeness (QED) is 0.651. The monoisotopic (exact) mass is 294 g/mol. The van der Waals surface area contributed by atoms with Crippen LogP contribution >= 0.6 is 0 Å². The number of halogens is 2. The summed E-state index contributed by atoms with van der Waals surface area (Å²) in [6.07, 6.45) is -0.208. The van der Waals surface area contributed by atoms with E-state index >= 15 is 0 Å². The van der Waals surface area contributed by atoms with Gasteiger partial charge in [-0.1, -0.05) is 12.8 Å². The van der Waals surface area contributed by atoms with Crippen molar-refractivity contribution in [3.63, 3.8) is 0 Å². The molecule has 1 saturated carbocycles. The standard InChI is InChI=1S/C12H20F2N2O4/c13-9(14)7-16(5-6-17)11(20)15-8-12(10(18)19)3-1-2-4-12/h9,17H,1-8H2,(H,15,20)(H,18,19). The van der Waals surface area contributed by atoms with Crippen LogP contribution in [-0.2, 0) is 4.79 Å². The number of carbonyl (C=O) groups excluding carboxylic acids is 1. The molecule has 0 aromatic carbocycles. The number of amides is 2. The van der Waals surface area contributed by atoms with Crippen molar-refractivity contribution < 1.29 is 28.6 Å². The lowest BCUT2D eigenvalue weighted by Crippen LogP contribution is -2.48. The second-order valence-corrected chi connectivity index (χ2v) is 5.01. The molecule has 8 heteroatoms. The molecule has 0 spiro atoms. The Labute approximate surface area is 115 Å². The first-order valence-electron chi connectivity index (χ1n) is 6.56. The van der Waals surface area contributed by atoms with E-state index in [9.17, 15) is 23.5 Å². The minimum Gasteiger partial charge on any atom is -0.481 e. The molecule has 6 nitrogen and oxygen atoms in total. The summed E-state index contributed by atoms with van der Waals surface area (Å²) < 4.78 is 24.6. The van der Waals surface area contributed by atoms with E-state index in [1.165, 1.54) is 0 Å². The number of carbonyl (C=O) groups is 2. The highest BCUT2D eigenvalue weighted by molar-refractivity contribution is 5.78. The molecule has 1 aliphatic rings. The zero-order chi connectivity index (χ0) is 15.2. The van der Waals surface area contributed by atoms with E-state index in [1.807, 2.05) is 0 Å². The van der Waals surface area contributed by atoms with Crippen LogP contribution < -0.4 is 5.32 Å². The van der Waals surface area contributed by atoms with Crippen LogP contribution in [0.4, 0.5) is 13.6 Å². The zero-order valence-corrected chi connectivity index (χ0v) is 11.1. The lowest BCUT2D eigenvalue weighted by Gasteiger charge is -2.27. The SMILES string of the molecule is O=C(NCC1(C(=O)O)CCCC1)N(CCO)CC(F)F. The average molecular weight is 294 g/mol. The van der Waals surface area contributed by atoms with Crippen LogP contribution in [0.15, 0.2) is 0 Å². The van der Waals surface area contributed by atoms with E-state index in [2.05, 4.69) is 5.32 Å². The summed E-state index contributed by atoms with van der Waals surface area (Å²) >= 11 is 0. The Morgan fingerprint density at radius 1 is 1.30 bits per heavy atom. The Morgan fingerprint density at radius 3 is 2.35 bits per heavy atom. The normalized spacial score (nSPS) is 17.2. The smallest absolute Gasteiger partial charge is 0.317 e. The van der Waals surface area contributed by atoms with Crippen molar-refractivity contribution in [2.75, 3.05) is 26.2 Å². The lowest BCUT2D eigenvalue weighted by molar-refractivity contribution is -0.148. The number of hydrogen-bond acceptors (Lipinski definition) is 3. The minimum atomic E-state index is -2.70. The highest BCUT2D eigenvalue weighted by Gasteiger charge is 2.41. The summed E-state index contributed by atoms with van der Waals surface area (Å²) in [4.78, 5) is 23.8. The largest absolute Gasteiger partial charge is 0.481 e. The first-order chi connectivity index (χ1) is 9.41. The predicted molar refractivity (Wildman–Crippen MR) is 66.6 cm³/mol. The van der Waals surface area contributed by atoms with Crippen molar-refractivity contribution >= 4 is 12.0 Å². The van der Waals surface area contributed by atoms with Gasteiger partial charge in [-0.2, -0.15) is 0 Å². The van der Waals surface area contributed by atoms with Gasteiger partial charge in [0.25, 0.3) is 6.43 Å². The molecule has 20 heavy (non-hydrogen) atoms. The maximum atomic E-state index is 12.3. The Balaban J connectivity index is 2.57. The molecule has 0 aromatic heterocycles. The van der Waals surface area contributed by atoms with Crippen LogP contribution in [-0.4, -0.2) is 59.8 Å². The third kappa shape index (κ3) is 4.29. The highest BCUT2D eigenvalue weighted by Crippen LogP contribution is 2.37. The van der Waals surface area contributed by atoms with E-state index in [0.717, 1.165) is 17.7 Å². The van der Waals surface area contributed by atoms with Gasteiger partial charge in [-0.05, 0) is 12.8 Å². The Bertz CT molecular complexity index is 346. The molecular formula is C12H20F2N2O4. The van der Waals surface area contributed by atoms with Gasteiger partial charge in [-0.25, -0.2) is 13.6 Å². The van der Waals surface area contributed by atoms with Crippen LogP contribution in [0.25, 0.3) is 0 Å². The lowest BCUT2D eigenvalue weighted by atomic mass is 9.86. The van der Waals surface area contributed by atoms with Crippen LogP contribution in [0.3, 0.4) is 0 Å². The second kappa shape index (κ2) is 7.37. The molecule has 1 aliphatic carbocycles. The van der Waals surface area contributed by atoms with Gasteiger partial charge in [0.05, 0.1) is 18.6 Å². The minimum absolute atomic E-state index is 0.0771. The van der Waals surface area contributed by atoms with Crippen LogP contribution in [0.2, 0.25) is 0 Å². The van der Waals surface area contributed by atoms with Crippen molar-refractivity contribution in [1.82, 2.24) is 10.2 Å². The molecular weight excluding hydrogens is 274 g/mol. The molecule has 1 rings (SSSR count). The molecule has 3 N–H and O–H groups in total. The number of alkyl halides is 2. The molecule has 2 amide bonds. The van der Waals surface area contributed by atoms with Gasteiger partial charge in [-0.15, -0.1) is 0 Å². The molecule has 0 aromatic rings.